The maximum atomic E-state index is 11.7. The van der Waals surface area contributed by atoms with Gasteiger partial charge in [-0.25, -0.2) is 0 Å². The molecule has 12 nitrogen and oxygen atoms in total. The number of methoxy groups -OCH3 is 7. The Morgan fingerprint density at radius 2 is 0.945 bits per heavy atom. The lowest BCUT2D eigenvalue weighted by Gasteiger charge is -2.44. The summed E-state index contributed by atoms with van der Waals surface area (Å²) in [5.74, 6) is 5.48. The Hall–Kier alpha value is -2.78. The maximum absolute atomic E-state index is 11.7. The fourth-order valence-electron chi connectivity index (χ4n) is 11.3. The molecule has 0 fully saturated rings. The lowest BCUT2D eigenvalue weighted by Crippen LogP contribution is -2.42. The number of rotatable bonds is 30. The predicted molar refractivity (Wildman–Crippen MR) is 297 cm³/mol. The van der Waals surface area contributed by atoms with Gasteiger partial charge in [0.1, 0.15) is 26.2 Å². The second-order valence-corrected chi connectivity index (χ2v) is 21.4. The first-order valence-corrected chi connectivity index (χ1v) is 27.1. The normalized spacial score (nSPS) is 25.8. The molecule has 0 aromatic rings. The van der Waals surface area contributed by atoms with Crippen LogP contribution in [0.2, 0.25) is 0 Å². The van der Waals surface area contributed by atoms with Gasteiger partial charge in [0, 0.05) is 73.9 Å². The van der Waals surface area contributed by atoms with Gasteiger partial charge in [0.15, 0.2) is 19.4 Å². The highest BCUT2D eigenvalue weighted by molar-refractivity contribution is 5.56. The topological polar surface area (TPSA) is 126 Å². The van der Waals surface area contributed by atoms with Gasteiger partial charge in [-0.05, 0) is 130 Å². The lowest BCUT2D eigenvalue weighted by atomic mass is 9.65. The second-order valence-electron chi connectivity index (χ2n) is 21.4. The van der Waals surface area contributed by atoms with Crippen LogP contribution in [0.15, 0.2) is 72.6 Å². The van der Waals surface area contributed by atoms with Crippen LogP contribution in [-0.2, 0) is 57.0 Å². The van der Waals surface area contributed by atoms with E-state index in [9.17, 15) is 9.59 Å². The van der Waals surface area contributed by atoms with Crippen molar-refractivity contribution in [3.63, 3.8) is 0 Å². The van der Waals surface area contributed by atoms with Gasteiger partial charge in [0.25, 0.3) is 0 Å². The monoisotopic (exact) mass is 1030 g/mol. The molecule has 0 N–H and O–H groups in total. The summed E-state index contributed by atoms with van der Waals surface area (Å²) in [7, 11) is 11.7. The molecule has 0 unspecified atom stereocenters. The van der Waals surface area contributed by atoms with Crippen molar-refractivity contribution in [1.29, 1.82) is 0 Å². The first-order valence-electron chi connectivity index (χ1n) is 27.1. The Morgan fingerprint density at radius 3 is 1.30 bits per heavy atom. The largest absolute Gasteiger partial charge is 0.476 e. The SMILES string of the molecule is C=C[C@H](OCOC)[C@@H](C)C[C@H]1C(C)=CC[C@H](C(C)C)[C@H]1C(OC)OC.C=C[C@H](OCOC)[C@@H](C)C[C@H]1C(C)=CC[C@H](C(C)C)[C@H]1C=O.CC/C=C\OCOC.COC(OC)[C@@H]1[C@@H](C(C)C)CC=C(C)[C@@H]1CC=O. The first-order chi connectivity index (χ1) is 34.8. The van der Waals surface area contributed by atoms with Crippen molar-refractivity contribution in [1.82, 2.24) is 0 Å². The highest BCUT2D eigenvalue weighted by Crippen LogP contribution is 2.46. The zero-order valence-electron chi connectivity index (χ0n) is 49.5. The molecule has 0 aromatic carbocycles. The van der Waals surface area contributed by atoms with Gasteiger partial charge in [-0.1, -0.05) is 109 Å². The summed E-state index contributed by atoms with van der Waals surface area (Å²) in [4.78, 5) is 22.7. The summed E-state index contributed by atoms with van der Waals surface area (Å²) in [5, 5.41) is 0. The van der Waals surface area contributed by atoms with E-state index < -0.39 is 0 Å². The summed E-state index contributed by atoms with van der Waals surface area (Å²) < 4.78 is 53.3. The van der Waals surface area contributed by atoms with Crippen LogP contribution in [0.5, 0.6) is 0 Å². The standard InChI is InChI=1S/C21H38O4.C19H32O3.C15H26O3.C6H12O2/c1-9-19(25-13-22-6)16(5)12-18-15(4)10-11-17(14(2)3)20(18)21(23-7)24-8;1-7-19(22-12-21-6)15(5)10-17-14(4)8-9-16(13(2)3)18(17)11-20;1-10(2)12-7-6-11(3)13(8-9-16)14(12)15(17-4)18-5;1-3-4-5-8-6-7-2/h9-10,14,16-21H,1,11-13H2,2-8H3;7-8,11,13,15-19H,1,9-10,12H2,2-6H3;6,9-10,12-15H,7-8H2,1-5H3;4-5H,3,6H2,1-2H3/b;;;5-4-/t16-,17+,18-,19-,20+;15-,16+,17-,18+,19-;12-,13+,14-;/m001./s1. The average Bonchev–Trinajstić information content (AvgIpc) is 3.36. The molecule has 73 heavy (non-hydrogen) atoms. The molecule has 0 bridgehead atoms. The number of carbonyl (C=O) groups is 2. The molecule has 0 radical (unpaired) electrons. The number of allylic oxidation sites excluding steroid dienone is 7. The van der Waals surface area contributed by atoms with E-state index in [4.69, 9.17) is 42.6 Å². The molecule has 424 valence electrons. The van der Waals surface area contributed by atoms with Crippen molar-refractivity contribution in [3.05, 3.63) is 72.6 Å². The highest BCUT2D eigenvalue weighted by Gasteiger charge is 2.43. The number of hydrogen-bond donors (Lipinski definition) is 0. The molecule has 3 aliphatic rings. The fraction of sp³-hybridized carbons (Fsp3) is 0.770. The molecule has 0 aliphatic heterocycles. The molecule has 0 aromatic heterocycles. The quantitative estimate of drug-likeness (QED) is 0.0223. The Kier molecular flexibility index (Phi) is 38.9. The van der Waals surface area contributed by atoms with E-state index in [2.05, 4.69) is 112 Å². The third kappa shape index (κ3) is 24.0. The van der Waals surface area contributed by atoms with Crippen LogP contribution >= 0.6 is 0 Å². The molecule has 0 saturated heterocycles. The van der Waals surface area contributed by atoms with Crippen LogP contribution in [0, 0.1) is 82.9 Å². The van der Waals surface area contributed by atoms with Crippen molar-refractivity contribution in [2.75, 3.05) is 70.1 Å². The summed E-state index contributed by atoms with van der Waals surface area (Å²) in [6.45, 7) is 35.1. The van der Waals surface area contributed by atoms with Crippen molar-refractivity contribution in [2.24, 2.45) is 82.9 Å². The molecule has 0 heterocycles. The molecule has 0 spiro atoms. The number of aldehydes is 2. The summed E-state index contributed by atoms with van der Waals surface area (Å²) in [5.41, 5.74) is 4.07. The van der Waals surface area contributed by atoms with Gasteiger partial charge in [0.05, 0.1) is 18.5 Å². The van der Waals surface area contributed by atoms with E-state index in [1.165, 1.54) is 23.0 Å². The van der Waals surface area contributed by atoms with E-state index in [-0.39, 0.29) is 56.1 Å². The fourth-order valence-corrected chi connectivity index (χ4v) is 11.3. The van der Waals surface area contributed by atoms with Crippen LogP contribution in [0.4, 0.5) is 0 Å². The number of hydrogen-bond acceptors (Lipinski definition) is 12. The maximum Gasteiger partial charge on any atom is 0.187 e. The molecule has 0 saturated carbocycles. The number of carbonyl (C=O) groups excluding carboxylic acids is 2. The Morgan fingerprint density at radius 1 is 0.562 bits per heavy atom. The van der Waals surface area contributed by atoms with E-state index in [0.717, 1.165) is 44.8 Å². The zero-order chi connectivity index (χ0) is 55.6. The smallest absolute Gasteiger partial charge is 0.187 e. The summed E-state index contributed by atoms with van der Waals surface area (Å²) in [6, 6.07) is 0. The summed E-state index contributed by atoms with van der Waals surface area (Å²) in [6.07, 6.45) is 22.7. The van der Waals surface area contributed by atoms with Crippen LogP contribution < -0.4 is 0 Å². The molecular weight excluding hydrogens is 925 g/mol. The van der Waals surface area contributed by atoms with E-state index in [1.54, 1.807) is 56.0 Å². The van der Waals surface area contributed by atoms with Gasteiger partial charge in [0.2, 0.25) is 0 Å². The third-order valence-corrected chi connectivity index (χ3v) is 15.6. The van der Waals surface area contributed by atoms with E-state index in [0.29, 0.717) is 78.3 Å². The van der Waals surface area contributed by atoms with E-state index in [1.807, 2.05) is 25.2 Å². The van der Waals surface area contributed by atoms with Crippen molar-refractivity contribution in [3.8, 4) is 0 Å². The van der Waals surface area contributed by atoms with Crippen LogP contribution in [-0.4, -0.2) is 108 Å². The van der Waals surface area contributed by atoms with Crippen LogP contribution in [0.25, 0.3) is 0 Å². The minimum atomic E-state index is -0.231. The van der Waals surface area contributed by atoms with Gasteiger partial charge >= 0.3 is 0 Å². The highest BCUT2D eigenvalue weighted by atomic mass is 16.7. The van der Waals surface area contributed by atoms with Gasteiger partial charge < -0.3 is 57.0 Å². The predicted octanol–water partition coefficient (Wildman–Crippen LogP) is 13.5. The lowest BCUT2D eigenvalue weighted by molar-refractivity contribution is -0.168. The Balaban J connectivity index is 0.000000999. The first kappa shape index (κ1) is 70.2. The average molecular weight is 1030 g/mol. The van der Waals surface area contributed by atoms with Gasteiger partial charge in [-0.2, -0.15) is 0 Å². The molecule has 0 amide bonds. The Bertz CT molecular complexity index is 1580. The summed E-state index contributed by atoms with van der Waals surface area (Å²) >= 11 is 0. The minimum absolute atomic E-state index is 0.0173. The Labute approximate surface area is 446 Å². The molecular formula is C61H108O12. The van der Waals surface area contributed by atoms with Crippen molar-refractivity contribution in [2.45, 2.75) is 153 Å². The molecule has 12 heteroatoms. The molecule has 3 aliphatic carbocycles. The molecule has 13 atom stereocenters. The van der Waals surface area contributed by atoms with Gasteiger partial charge in [-0.3, -0.25) is 0 Å². The van der Waals surface area contributed by atoms with E-state index >= 15 is 0 Å². The van der Waals surface area contributed by atoms with Gasteiger partial charge in [-0.15, -0.1) is 13.2 Å². The minimum Gasteiger partial charge on any atom is -0.476 e. The van der Waals surface area contributed by atoms with Crippen LogP contribution in [0.3, 0.4) is 0 Å². The second kappa shape index (κ2) is 40.5. The third-order valence-electron chi connectivity index (χ3n) is 15.6. The number of ether oxygens (including phenoxy) is 10. The van der Waals surface area contributed by atoms with Crippen molar-refractivity contribution >= 4 is 12.6 Å². The zero-order valence-corrected chi connectivity index (χ0v) is 49.5. The molecule has 3 rings (SSSR count). The van der Waals surface area contributed by atoms with Crippen LogP contribution in [0.1, 0.15) is 128 Å². The van der Waals surface area contributed by atoms with Crippen molar-refractivity contribution < 1.29 is 57.0 Å².